The number of hydrogen-bond donors (Lipinski definition) is 1. The average Bonchev–Trinajstić information content (AvgIpc) is 2.13. The van der Waals surface area contributed by atoms with E-state index in [1.165, 1.54) is 12.1 Å². The monoisotopic (exact) mass is 231 g/mol. The number of ether oxygens (including phenoxy) is 1. The number of hydrogen-bond acceptors (Lipinski definition) is 2. The van der Waals surface area contributed by atoms with Gasteiger partial charge in [0.15, 0.2) is 0 Å². The summed E-state index contributed by atoms with van der Waals surface area (Å²) in [5.41, 5.74) is 5.69. The van der Waals surface area contributed by atoms with Crippen molar-refractivity contribution in [3.05, 3.63) is 29.6 Å². The summed E-state index contributed by atoms with van der Waals surface area (Å²) in [6.45, 7) is -2.94. The van der Waals surface area contributed by atoms with Gasteiger partial charge in [-0.05, 0) is 25.3 Å². The zero-order chi connectivity index (χ0) is 11.8. The maximum atomic E-state index is 13.6. The molecular weight excluding hydrogens is 219 g/mol. The van der Waals surface area contributed by atoms with E-state index in [1.54, 1.807) is 0 Å². The number of halogens is 3. The number of alkyl halides is 2. The number of rotatable bonds is 3. The second kappa shape index (κ2) is 3.97. The van der Waals surface area contributed by atoms with Crippen LogP contribution in [0.1, 0.15) is 24.8 Å². The van der Waals surface area contributed by atoms with Crippen LogP contribution in [0.25, 0.3) is 0 Å². The molecule has 0 heterocycles. The summed E-state index contributed by atoms with van der Waals surface area (Å²) >= 11 is 0. The van der Waals surface area contributed by atoms with Gasteiger partial charge in [-0.2, -0.15) is 8.78 Å². The van der Waals surface area contributed by atoms with Gasteiger partial charge in [-0.1, -0.05) is 6.07 Å². The van der Waals surface area contributed by atoms with Crippen LogP contribution in [-0.2, 0) is 5.54 Å². The molecule has 88 valence electrons. The molecule has 0 unspecified atom stereocenters. The van der Waals surface area contributed by atoms with E-state index >= 15 is 0 Å². The number of benzene rings is 1. The van der Waals surface area contributed by atoms with E-state index in [-0.39, 0.29) is 5.75 Å². The zero-order valence-corrected chi connectivity index (χ0v) is 8.55. The first-order valence-corrected chi connectivity index (χ1v) is 5.05. The molecule has 2 N–H and O–H groups in total. The van der Waals surface area contributed by atoms with E-state index in [2.05, 4.69) is 4.74 Å². The maximum Gasteiger partial charge on any atom is 0.387 e. The minimum Gasteiger partial charge on any atom is -0.435 e. The van der Waals surface area contributed by atoms with Crippen LogP contribution in [0.5, 0.6) is 5.75 Å². The van der Waals surface area contributed by atoms with Crippen molar-refractivity contribution in [1.29, 1.82) is 0 Å². The van der Waals surface area contributed by atoms with Crippen molar-refractivity contribution in [2.24, 2.45) is 5.73 Å². The fraction of sp³-hybridized carbons (Fsp3) is 0.455. The van der Waals surface area contributed by atoms with Crippen LogP contribution in [0.2, 0.25) is 0 Å². The molecule has 0 atom stereocenters. The van der Waals surface area contributed by atoms with E-state index in [0.29, 0.717) is 5.56 Å². The molecule has 1 aliphatic rings. The Morgan fingerprint density at radius 2 is 2.00 bits per heavy atom. The lowest BCUT2D eigenvalue weighted by Crippen LogP contribution is -2.44. The Bertz CT molecular complexity index is 391. The summed E-state index contributed by atoms with van der Waals surface area (Å²) in [5, 5.41) is 0. The van der Waals surface area contributed by atoms with Crippen molar-refractivity contribution >= 4 is 0 Å². The summed E-state index contributed by atoms with van der Waals surface area (Å²) in [4.78, 5) is 0. The summed E-state index contributed by atoms with van der Waals surface area (Å²) in [6, 6.07) is 3.69. The highest BCUT2D eigenvalue weighted by Gasteiger charge is 2.36. The zero-order valence-electron chi connectivity index (χ0n) is 8.55. The molecule has 2 nitrogen and oxygen atoms in total. The summed E-state index contributed by atoms with van der Waals surface area (Å²) in [7, 11) is 0. The molecule has 5 heteroatoms. The van der Waals surface area contributed by atoms with Crippen LogP contribution in [0, 0.1) is 5.82 Å². The van der Waals surface area contributed by atoms with Crippen LogP contribution < -0.4 is 10.5 Å². The molecule has 2 rings (SSSR count). The fourth-order valence-electron chi connectivity index (χ4n) is 1.90. The smallest absolute Gasteiger partial charge is 0.387 e. The molecule has 0 aromatic heterocycles. The lowest BCUT2D eigenvalue weighted by molar-refractivity contribution is -0.0500. The Morgan fingerprint density at radius 3 is 2.44 bits per heavy atom. The van der Waals surface area contributed by atoms with Gasteiger partial charge in [0.1, 0.15) is 11.6 Å². The molecule has 1 aliphatic carbocycles. The number of nitrogens with two attached hydrogens (primary N) is 1. The van der Waals surface area contributed by atoms with Crippen LogP contribution in [0.3, 0.4) is 0 Å². The van der Waals surface area contributed by atoms with Gasteiger partial charge in [0.25, 0.3) is 0 Å². The molecular formula is C11H12F3NO. The van der Waals surface area contributed by atoms with Gasteiger partial charge in [0, 0.05) is 17.2 Å². The quantitative estimate of drug-likeness (QED) is 0.868. The summed E-state index contributed by atoms with van der Waals surface area (Å²) < 4.78 is 41.5. The normalized spacial score (nSPS) is 18.3. The van der Waals surface area contributed by atoms with E-state index < -0.39 is 18.0 Å². The van der Waals surface area contributed by atoms with Gasteiger partial charge < -0.3 is 10.5 Å². The van der Waals surface area contributed by atoms with Crippen LogP contribution in [0.4, 0.5) is 13.2 Å². The molecule has 1 aromatic rings. The van der Waals surface area contributed by atoms with Crippen molar-refractivity contribution in [1.82, 2.24) is 0 Å². The first kappa shape index (κ1) is 11.3. The molecule has 1 saturated carbocycles. The predicted octanol–water partition coefficient (Wildman–Crippen LogP) is 2.77. The summed E-state index contributed by atoms with van der Waals surface area (Å²) in [6.07, 6.45) is 2.41. The van der Waals surface area contributed by atoms with Crippen molar-refractivity contribution in [2.45, 2.75) is 31.4 Å². The highest BCUT2D eigenvalue weighted by atomic mass is 19.3. The first-order valence-electron chi connectivity index (χ1n) is 5.05. The van der Waals surface area contributed by atoms with Gasteiger partial charge in [-0.25, -0.2) is 4.39 Å². The minimum absolute atomic E-state index is 0.181. The Balaban J connectivity index is 2.23. The van der Waals surface area contributed by atoms with E-state index in [1.807, 2.05) is 0 Å². The predicted molar refractivity (Wildman–Crippen MR) is 52.7 cm³/mol. The third kappa shape index (κ3) is 2.00. The lowest BCUT2D eigenvalue weighted by atomic mass is 9.72. The lowest BCUT2D eigenvalue weighted by Gasteiger charge is -2.38. The van der Waals surface area contributed by atoms with Gasteiger partial charge in [-0.15, -0.1) is 0 Å². The SMILES string of the molecule is NC1(c2ccc(OC(F)F)cc2F)CCC1. The van der Waals surface area contributed by atoms with Crippen molar-refractivity contribution in [3.63, 3.8) is 0 Å². The largest absolute Gasteiger partial charge is 0.435 e. The molecule has 0 spiro atoms. The fourth-order valence-corrected chi connectivity index (χ4v) is 1.90. The van der Waals surface area contributed by atoms with Crippen LogP contribution in [-0.4, -0.2) is 6.61 Å². The Hall–Kier alpha value is -1.23. The average molecular weight is 231 g/mol. The molecule has 16 heavy (non-hydrogen) atoms. The highest BCUT2D eigenvalue weighted by molar-refractivity contribution is 5.34. The Labute approximate surface area is 91.2 Å². The molecule has 0 amide bonds. The highest BCUT2D eigenvalue weighted by Crippen LogP contribution is 2.40. The van der Waals surface area contributed by atoms with Gasteiger partial charge in [-0.3, -0.25) is 0 Å². The van der Waals surface area contributed by atoms with E-state index in [0.717, 1.165) is 25.3 Å². The van der Waals surface area contributed by atoms with Crippen LogP contribution >= 0.6 is 0 Å². The standard InChI is InChI=1S/C11H12F3NO/c12-9-6-7(16-10(13)14)2-3-8(9)11(15)4-1-5-11/h2-3,6,10H,1,4-5,15H2. The molecule has 1 fully saturated rings. The molecule has 0 bridgehead atoms. The second-order valence-corrected chi connectivity index (χ2v) is 4.03. The Kier molecular flexibility index (Phi) is 2.80. The molecule has 0 saturated heterocycles. The van der Waals surface area contributed by atoms with Gasteiger partial charge >= 0.3 is 6.61 Å². The van der Waals surface area contributed by atoms with Crippen molar-refractivity contribution in [3.8, 4) is 5.75 Å². The summed E-state index contributed by atoms with van der Waals surface area (Å²) in [5.74, 6) is -0.764. The van der Waals surface area contributed by atoms with Crippen molar-refractivity contribution in [2.75, 3.05) is 0 Å². The third-order valence-electron chi connectivity index (χ3n) is 2.95. The molecule has 0 aliphatic heterocycles. The maximum absolute atomic E-state index is 13.6. The first-order chi connectivity index (χ1) is 7.51. The van der Waals surface area contributed by atoms with Crippen molar-refractivity contribution < 1.29 is 17.9 Å². The third-order valence-corrected chi connectivity index (χ3v) is 2.95. The topological polar surface area (TPSA) is 35.2 Å². The van der Waals surface area contributed by atoms with E-state index in [9.17, 15) is 13.2 Å². The molecule has 1 aromatic carbocycles. The second-order valence-electron chi connectivity index (χ2n) is 4.03. The van der Waals surface area contributed by atoms with Gasteiger partial charge in [0.05, 0.1) is 0 Å². The Morgan fingerprint density at radius 1 is 1.31 bits per heavy atom. The van der Waals surface area contributed by atoms with E-state index in [4.69, 9.17) is 5.73 Å². The van der Waals surface area contributed by atoms with Gasteiger partial charge in [0.2, 0.25) is 0 Å². The van der Waals surface area contributed by atoms with Crippen LogP contribution in [0.15, 0.2) is 18.2 Å². The molecule has 0 radical (unpaired) electrons. The minimum atomic E-state index is -2.94.